The molecular formula is C11H18N2O5S. The molecule has 0 radical (unpaired) electrons. The average Bonchev–Trinajstić information content (AvgIpc) is 2.69. The van der Waals surface area contributed by atoms with Crippen LogP contribution in [0.25, 0.3) is 0 Å². The smallest absolute Gasteiger partial charge is 0.326 e. The summed E-state index contributed by atoms with van der Waals surface area (Å²) in [6.07, 6.45) is 4.63. The number of carboxylic acids is 1. The third kappa shape index (κ3) is 5.39. The molecule has 0 aliphatic heterocycles. The van der Waals surface area contributed by atoms with E-state index in [0.29, 0.717) is 6.42 Å². The number of nitrogens with one attached hydrogen (secondary N) is 1. The molecule has 1 aliphatic carbocycles. The highest BCUT2D eigenvalue weighted by atomic mass is 32.2. The lowest BCUT2D eigenvalue weighted by atomic mass is 10.1. The molecule has 0 aromatic rings. The molecule has 19 heavy (non-hydrogen) atoms. The number of hydrogen-bond acceptors (Lipinski definition) is 5. The predicted octanol–water partition coefficient (Wildman–Crippen LogP) is -1.11. The first kappa shape index (κ1) is 15.6. The van der Waals surface area contributed by atoms with Crippen LogP contribution in [0.2, 0.25) is 0 Å². The predicted molar refractivity (Wildman–Crippen MR) is 69.1 cm³/mol. The van der Waals surface area contributed by atoms with Crippen LogP contribution in [0.4, 0.5) is 0 Å². The van der Waals surface area contributed by atoms with Crippen molar-refractivity contribution >= 4 is 21.7 Å². The first-order valence-electron chi connectivity index (χ1n) is 5.84. The van der Waals surface area contributed by atoms with E-state index < -0.39 is 33.7 Å². The standard InChI is InChI=1S/C11H18N2O5S/c1-19(17,18)5-4-9(11(15)16)13-10(14)7-2-3-8(12)6-7/h2-3,7-9H,4-6,12H2,1H3,(H,13,14)(H,15,16). The van der Waals surface area contributed by atoms with Gasteiger partial charge in [0.1, 0.15) is 15.9 Å². The van der Waals surface area contributed by atoms with Crippen LogP contribution >= 0.6 is 0 Å². The number of amides is 1. The van der Waals surface area contributed by atoms with E-state index in [1.807, 2.05) is 0 Å². The van der Waals surface area contributed by atoms with Gasteiger partial charge in [0, 0.05) is 12.3 Å². The van der Waals surface area contributed by atoms with E-state index in [-0.39, 0.29) is 18.2 Å². The maximum atomic E-state index is 11.8. The Hall–Kier alpha value is -1.41. The van der Waals surface area contributed by atoms with E-state index in [9.17, 15) is 18.0 Å². The largest absolute Gasteiger partial charge is 0.480 e. The fourth-order valence-corrected chi connectivity index (χ4v) is 2.45. The van der Waals surface area contributed by atoms with Crippen molar-refractivity contribution in [1.82, 2.24) is 5.32 Å². The number of hydrogen-bond donors (Lipinski definition) is 3. The molecule has 0 bridgehead atoms. The number of carbonyl (C=O) groups excluding carboxylic acids is 1. The van der Waals surface area contributed by atoms with Gasteiger partial charge in [-0.2, -0.15) is 0 Å². The molecule has 4 N–H and O–H groups in total. The second-order valence-electron chi connectivity index (χ2n) is 4.71. The molecule has 1 rings (SSSR count). The Kier molecular flexibility index (Phi) is 5.07. The van der Waals surface area contributed by atoms with Gasteiger partial charge >= 0.3 is 5.97 Å². The summed E-state index contributed by atoms with van der Waals surface area (Å²) in [7, 11) is -3.26. The zero-order chi connectivity index (χ0) is 14.6. The van der Waals surface area contributed by atoms with Crippen molar-refractivity contribution in [1.29, 1.82) is 0 Å². The lowest BCUT2D eigenvalue weighted by Gasteiger charge is -2.16. The summed E-state index contributed by atoms with van der Waals surface area (Å²) < 4.78 is 22.0. The van der Waals surface area contributed by atoms with Crippen LogP contribution in [-0.2, 0) is 19.4 Å². The first-order valence-corrected chi connectivity index (χ1v) is 7.90. The van der Waals surface area contributed by atoms with Crippen LogP contribution in [0, 0.1) is 5.92 Å². The van der Waals surface area contributed by atoms with E-state index in [0.717, 1.165) is 6.26 Å². The molecule has 1 aliphatic rings. The Morgan fingerprint density at radius 2 is 2.11 bits per heavy atom. The highest BCUT2D eigenvalue weighted by molar-refractivity contribution is 7.90. The number of carboxylic acid groups (broad SMARTS) is 1. The summed E-state index contributed by atoms with van der Waals surface area (Å²) in [6, 6.07) is -1.40. The molecule has 7 nitrogen and oxygen atoms in total. The van der Waals surface area contributed by atoms with Crippen molar-refractivity contribution in [2.45, 2.75) is 24.9 Å². The minimum absolute atomic E-state index is 0.150. The van der Waals surface area contributed by atoms with Crippen molar-refractivity contribution in [3.63, 3.8) is 0 Å². The minimum atomic E-state index is -3.26. The lowest BCUT2D eigenvalue weighted by molar-refractivity contribution is -0.142. The Morgan fingerprint density at radius 3 is 2.53 bits per heavy atom. The maximum absolute atomic E-state index is 11.8. The Balaban J connectivity index is 2.56. The van der Waals surface area contributed by atoms with Gasteiger partial charge in [0.25, 0.3) is 0 Å². The van der Waals surface area contributed by atoms with Crippen molar-refractivity contribution in [2.75, 3.05) is 12.0 Å². The fourth-order valence-electron chi connectivity index (χ4n) is 1.79. The summed E-state index contributed by atoms with van der Waals surface area (Å²) in [6.45, 7) is 0. The van der Waals surface area contributed by atoms with E-state index in [4.69, 9.17) is 10.8 Å². The molecule has 0 saturated carbocycles. The molecule has 108 valence electrons. The van der Waals surface area contributed by atoms with Crippen LogP contribution in [0.5, 0.6) is 0 Å². The summed E-state index contributed by atoms with van der Waals surface area (Å²) >= 11 is 0. The molecular weight excluding hydrogens is 272 g/mol. The molecule has 1 amide bonds. The van der Waals surface area contributed by atoms with Gasteiger partial charge in [-0.25, -0.2) is 13.2 Å². The van der Waals surface area contributed by atoms with Crippen LogP contribution in [0.3, 0.4) is 0 Å². The van der Waals surface area contributed by atoms with Gasteiger partial charge in [0.15, 0.2) is 0 Å². The molecule has 8 heteroatoms. The average molecular weight is 290 g/mol. The first-order chi connectivity index (χ1) is 8.69. The zero-order valence-corrected chi connectivity index (χ0v) is 11.4. The highest BCUT2D eigenvalue weighted by Gasteiger charge is 2.27. The Bertz CT molecular complexity index is 485. The third-order valence-electron chi connectivity index (χ3n) is 2.85. The van der Waals surface area contributed by atoms with E-state index >= 15 is 0 Å². The van der Waals surface area contributed by atoms with Crippen molar-refractivity contribution in [3.05, 3.63) is 12.2 Å². The van der Waals surface area contributed by atoms with Crippen LogP contribution < -0.4 is 11.1 Å². The number of carbonyl (C=O) groups is 2. The van der Waals surface area contributed by atoms with Gasteiger partial charge in [-0.15, -0.1) is 0 Å². The quantitative estimate of drug-likeness (QED) is 0.533. The molecule has 3 unspecified atom stereocenters. The Morgan fingerprint density at radius 1 is 1.47 bits per heavy atom. The van der Waals surface area contributed by atoms with Gasteiger partial charge < -0.3 is 16.2 Å². The highest BCUT2D eigenvalue weighted by Crippen LogP contribution is 2.16. The van der Waals surface area contributed by atoms with Crippen LogP contribution in [0.1, 0.15) is 12.8 Å². The summed E-state index contributed by atoms with van der Waals surface area (Å²) in [5.74, 6) is -2.42. The maximum Gasteiger partial charge on any atom is 0.326 e. The normalized spacial score (nSPS) is 24.1. The molecule has 0 heterocycles. The number of aliphatic carboxylic acids is 1. The van der Waals surface area contributed by atoms with Gasteiger partial charge in [-0.3, -0.25) is 4.79 Å². The van der Waals surface area contributed by atoms with Crippen molar-refractivity contribution in [2.24, 2.45) is 11.7 Å². The second-order valence-corrected chi connectivity index (χ2v) is 6.97. The fraction of sp³-hybridized carbons (Fsp3) is 0.636. The van der Waals surface area contributed by atoms with Gasteiger partial charge in [0.05, 0.1) is 11.7 Å². The summed E-state index contributed by atoms with van der Waals surface area (Å²) in [4.78, 5) is 22.8. The summed E-state index contributed by atoms with van der Waals surface area (Å²) in [5, 5.41) is 11.3. The third-order valence-corrected chi connectivity index (χ3v) is 3.82. The summed E-state index contributed by atoms with van der Waals surface area (Å²) in [5.41, 5.74) is 5.61. The molecule has 3 atom stereocenters. The Labute approximate surface area is 111 Å². The molecule has 0 fully saturated rings. The zero-order valence-electron chi connectivity index (χ0n) is 10.6. The van der Waals surface area contributed by atoms with E-state index in [2.05, 4.69) is 5.32 Å². The SMILES string of the molecule is CS(=O)(=O)CCC(NC(=O)C1C=CC(N)C1)C(=O)O. The van der Waals surface area contributed by atoms with Gasteiger partial charge in [-0.1, -0.05) is 12.2 Å². The van der Waals surface area contributed by atoms with Crippen molar-refractivity contribution < 1.29 is 23.1 Å². The van der Waals surface area contributed by atoms with Crippen LogP contribution in [0.15, 0.2) is 12.2 Å². The monoisotopic (exact) mass is 290 g/mol. The lowest BCUT2D eigenvalue weighted by Crippen LogP contribution is -2.44. The number of rotatable bonds is 6. The molecule has 0 saturated heterocycles. The van der Waals surface area contributed by atoms with Gasteiger partial charge in [-0.05, 0) is 12.8 Å². The van der Waals surface area contributed by atoms with Gasteiger partial charge in [0.2, 0.25) is 5.91 Å². The van der Waals surface area contributed by atoms with E-state index in [1.54, 1.807) is 12.2 Å². The molecule has 0 spiro atoms. The molecule has 0 aromatic carbocycles. The minimum Gasteiger partial charge on any atom is -0.480 e. The number of sulfone groups is 1. The van der Waals surface area contributed by atoms with E-state index in [1.165, 1.54) is 0 Å². The van der Waals surface area contributed by atoms with Crippen molar-refractivity contribution in [3.8, 4) is 0 Å². The topological polar surface area (TPSA) is 127 Å². The number of nitrogens with two attached hydrogens (primary N) is 1. The van der Waals surface area contributed by atoms with Crippen LogP contribution in [-0.4, -0.2) is 49.5 Å². The molecule has 0 aromatic heterocycles. The second kappa shape index (κ2) is 6.16.